The fourth-order valence-electron chi connectivity index (χ4n) is 1.35. The van der Waals surface area contributed by atoms with Crippen molar-refractivity contribution in [1.29, 1.82) is 0 Å². The molecule has 0 unspecified atom stereocenters. The number of allylic oxidation sites excluding steroid dienone is 6. The van der Waals surface area contributed by atoms with Gasteiger partial charge in [-0.3, -0.25) is 0 Å². The van der Waals surface area contributed by atoms with Gasteiger partial charge in [0, 0.05) is 23.8 Å². The summed E-state index contributed by atoms with van der Waals surface area (Å²) in [6.07, 6.45) is 16.3. The molecule has 1 rings (SSSR count). The van der Waals surface area contributed by atoms with Crippen LogP contribution in [0.2, 0.25) is 0 Å². The molecule has 0 atom stereocenters. The van der Waals surface area contributed by atoms with Gasteiger partial charge in [0.25, 0.3) is 0 Å². The molecule has 104 valence electrons. The maximum atomic E-state index is 7.50. The van der Waals surface area contributed by atoms with Gasteiger partial charge in [-0.15, -0.1) is 11.8 Å². The Morgan fingerprint density at radius 1 is 0.900 bits per heavy atom. The van der Waals surface area contributed by atoms with Gasteiger partial charge in [0.2, 0.25) is 0 Å². The molecule has 20 heavy (non-hydrogen) atoms. The first-order valence-electron chi connectivity index (χ1n) is 5.46. The van der Waals surface area contributed by atoms with E-state index in [0.717, 1.165) is 6.42 Å². The van der Waals surface area contributed by atoms with E-state index < -0.39 is 0 Å². The van der Waals surface area contributed by atoms with Crippen LogP contribution in [0.15, 0.2) is 36.5 Å². The second-order valence-electron chi connectivity index (χ2n) is 3.14. The predicted molar refractivity (Wildman–Crippen MR) is 70.0 cm³/mol. The summed E-state index contributed by atoms with van der Waals surface area (Å²) in [6.45, 7) is 15.4. The van der Waals surface area contributed by atoms with Gasteiger partial charge in [-0.1, -0.05) is 36.5 Å². The van der Waals surface area contributed by atoms with Crippen LogP contribution in [0.4, 0.5) is 0 Å². The average molecular weight is 308 g/mol. The Morgan fingerprint density at radius 3 is 1.75 bits per heavy atom. The molecule has 0 aromatic heterocycles. The summed E-state index contributed by atoms with van der Waals surface area (Å²) in [7, 11) is 0. The fraction of sp³-hybridized carbons (Fsp3) is 0.312. The quantitative estimate of drug-likeness (QED) is 0.332. The molecule has 0 amide bonds. The van der Waals surface area contributed by atoms with Crippen molar-refractivity contribution in [2.24, 2.45) is 5.92 Å². The predicted octanol–water partition coefficient (Wildman–Crippen LogP) is 3.36. The standard InChI is InChI=1S/C13H16.3CO.Cr/c1-2-3-4-7-10-13-11-8-5-6-9-12-13;3*1-2;/h5-6,8-9,11-13H,4,7,10H2,1H3;;;;. The number of hydrogen-bond donors (Lipinski definition) is 0. The van der Waals surface area contributed by atoms with Crippen molar-refractivity contribution in [3.63, 3.8) is 0 Å². The van der Waals surface area contributed by atoms with Gasteiger partial charge in [-0.25, -0.2) is 0 Å². The van der Waals surface area contributed by atoms with Gasteiger partial charge in [-0.05, 0) is 25.7 Å². The first-order chi connectivity index (χ1) is 9.43. The van der Waals surface area contributed by atoms with Crippen LogP contribution in [0.5, 0.6) is 0 Å². The molecule has 0 radical (unpaired) electrons. The van der Waals surface area contributed by atoms with E-state index in [4.69, 9.17) is 14.0 Å². The summed E-state index contributed by atoms with van der Waals surface area (Å²) in [5, 5.41) is 0. The van der Waals surface area contributed by atoms with E-state index >= 15 is 0 Å². The zero-order chi connectivity index (χ0) is 15.4. The van der Waals surface area contributed by atoms with Crippen LogP contribution in [-0.4, -0.2) is 0 Å². The molecule has 0 aromatic rings. The normalized spacial score (nSPS) is 10.2. The van der Waals surface area contributed by atoms with E-state index in [2.05, 4.69) is 68.2 Å². The zero-order valence-electron chi connectivity index (χ0n) is 11.3. The van der Waals surface area contributed by atoms with Crippen LogP contribution in [0.3, 0.4) is 0 Å². The van der Waals surface area contributed by atoms with Crippen LogP contribution >= 0.6 is 0 Å². The third kappa shape index (κ3) is 21.8. The van der Waals surface area contributed by atoms with Crippen molar-refractivity contribution in [1.82, 2.24) is 0 Å². The molecular formula is C16H16CrO3. The molecule has 1 aliphatic rings. The third-order valence-electron chi connectivity index (χ3n) is 2.07. The molecule has 0 aliphatic heterocycles. The molecular weight excluding hydrogens is 292 g/mol. The zero-order valence-corrected chi connectivity index (χ0v) is 12.6. The second-order valence-corrected chi connectivity index (χ2v) is 3.14. The van der Waals surface area contributed by atoms with Gasteiger partial charge in [-0.2, -0.15) is 0 Å². The molecule has 0 saturated heterocycles. The van der Waals surface area contributed by atoms with E-state index in [-0.39, 0.29) is 17.4 Å². The van der Waals surface area contributed by atoms with E-state index in [9.17, 15) is 0 Å². The molecule has 0 aromatic carbocycles. The van der Waals surface area contributed by atoms with Gasteiger partial charge in [0.05, 0.1) is 0 Å². The van der Waals surface area contributed by atoms with Crippen molar-refractivity contribution in [3.05, 3.63) is 56.4 Å². The minimum absolute atomic E-state index is 0. The minimum Gasteiger partial charge on any atom is 0 e. The Labute approximate surface area is 132 Å². The van der Waals surface area contributed by atoms with Crippen LogP contribution in [0, 0.1) is 37.7 Å². The number of unbranched alkanes of at least 4 members (excludes halogenated alkanes) is 1. The summed E-state index contributed by atoms with van der Waals surface area (Å²) >= 11 is 0. The molecule has 0 saturated carbocycles. The van der Waals surface area contributed by atoms with Crippen molar-refractivity contribution < 1.29 is 31.3 Å². The molecule has 3 nitrogen and oxygen atoms in total. The van der Waals surface area contributed by atoms with Crippen molar-refractivity contribution in [3.8, 4) is 11.8 Å². The monoisotopic (exact) mass is 308 g/mol. The topological polar surface area (TPSA) is 59.7 Å². The molecule has 1 aliphatic carbocycles. The summed E-state index contributed by atoms with van der Waals surface area (Å²) in [4.78, 5) is 0. The Balaban J connectivity index is -0.000000162. The fourth-order valence-corrected chi connectivity index (χ4v) is 1.35. The van der Waals surface area contributed by atoms with Crippen LogP contribution < -0.4 is 0 Å². The summed E-state index contributed by atoms with van der Waals surface area (Å²) in [5.74, 6) is 6.61. The second kappa shape index (κ2) is 30.5. The maximum Gasteiger partial charge on any atom is 0 e. The first-order valence-corrected chi connectivity index (χ1v) is 5.46. The van der Waals surface area contributed by atoms with Crippen molar-refractivity contribution >= 4 is 0 Å². The van der Waals surface area contributed by atoms with Crippen molar-refractivity contribution in [2.45, 2.75) is 26.2 Å². The molecule has 0 heterocycles. The van der Waals surface area contributed by atoms with Crippen LogP contribution in [0.25, 0.3) is 0 Å². The maximum absolute atomic E-state index is 7.50. The SMILES string of the molecule is CC#CCCCC1C=CC=CC=C1.[C-]#[O+].[C-]#[O+].[C-]#[O+].[Cr]. The largest absolute Gasteiger partial charge is 0 e. The minimum atomic E-state index is 0. The Kier molecular flexibility index (Phi) is 41.1. The molecule has 0 bridgehead atoms. The van der Waals surface area contributed by atoms with E-state index in [1.165, 1.54) is 12.8 Å². The van der Waals surface area contributed by atoms with Crippen LogP contribution in [0.1, 0.15) is 26.2 Å². The molecule has 0 fully saturated rings. The number of rotatable bonds is 3. The molecule has 0 spiro atoms. The van der Waals surface area contributed by atoms with Crippen molar-refractivity contribution in [2.75, 3.05) is 0 Å². The van der Waals surface area contributed by atoms with E-state index in [1.807, 2.05) is 6.92 Å². The molecule has 0 N–H and O–H groups in total. The number of hydrogen-bond acceptors (Lipinski definition) is 0. The summed E-state index contributed by atoms with van der Waals surface area (Å²) in [6, 6.07) is 0. The van der Waals surface area contributed by atoms with E-state index in [0.29, 0.717) is 5.92 Å². The molecule has 4 heteroatoms. The first kappa shape index (κ1) is 27.0. The van der Waals surface area contributed by atoms with Crippen LogP contribution in [-0.2, 0) is 31.3 Å². The summed E-state index contributed by atoms with van der Waals surface area (Å²) in [5.41, 5.74) is 0. The Morgan fingerprint density at radius 2 is 1.35 bits per heavy atom. The Hall–Kier alpha value is -1.47. The van der Waals surface area contributed by atoms with Gasteiger partial charge in [0.1, 0.15) is 0 Å². The van der Waals surface area contributed by atoms with E-state index in [1.54, 1.807) is 0 Å². The Bertz CT molecular complexity index is 359. The average Bonchev–Trinajstić information content (AvgIpc) is 2.79. The van der Waals surface area contributed by atoms with Gasteiger partial charge in [0.15, 0.2) is 0 Å². The smallest absolute Gasteiger partial charge is 0 e. The van der Waals surface area contributed by atoms with Gasteiger partial charge < -0.3 is 0 Å². The summed E-state index contributed by atoms with van der Waals surface area (Å²) < 4.78 is 22.5. The van der Waals surface area contributed by atoms with Gasteiger partial charge >= 0.3 is 33.9 Å². The third-order valence-corrected chi connectivity index (χ3v) is 2.07.